The first-order chi connectivity index (χ1) is 7.63. The largest absolute Gasteiger partial charge is 0.350 e. The van der Waals surface area contributed by atoms with Crippen molar-refractivity contribution in [3.8, 4) is 0 Å². The standard InChI is InChI=1S/C13H16ClNO/c1-3-10(2)15-13(16)9-8-11-6-4-5-7-12(11)14/h4-10H,3H2,1-2H3,(H,15,16)/b9-8+/t10-/m1/s1. The van der Waals surface area contributed by atoms with Gasteiger partial charge in [-0.25, -0.2) is 0 Å². The second kappa shape index (κ2) is 6.33. The van der Waals surface area contributed by atoms with Crippen molar-refractivity contribution < 1.29 is 4.79 Å². The van der Waals surface area contributed by atoms with E-state index in [4.69, 9.17) is 11.6 Å². The molecule has 3 heteroatoms. The lowest BCUT2D eigenvalue weighted by Gasteiger charge is -2.08. The summed E-state index contributed by atoms with van der Waals surface area (Å²) in [5.41, 5.74) is 0.850. The van der Waals surface area contributed by atoms with Gasteiger partial charge in [0.25, 0.3) is 0 Å². The number of hydrogen-bond acceptors (Lipinski definition) is 1. The first kappa shape index (κ1) is 12.8. The molecule has 0 aliphatic rings. The van der Waals surface area contributed by atoms with Crippen LogP contribution in [0.5, 0.6) is 0 Å². The minimum Gasteiger partial charge on any atom is -0.350 e. The summed E-state index contributed by atoms with van der Waals surface area (Å²) in [7, 11) is 0. The highest BCUT2D eigenvalue weighted by molar-refractivity contribution is 6.32. The Morgan fingerprint density at radius 1 is 1.50 bits per heavy atom. The van der Waals surface area contributed by atoms with Crippen molar-refractivity contribution in [3.05, 3.63) is 40.9 Å². The second-order valence-corrected chi connectivity index (χ2v) is 4.08. The number of benzene rings is 1. The third-order valence-electron chi connectivity index (χ3n) is 2.32. The van der Waals surface area contributed by atoms with Crippen LogP contribution in [0.2, 0.25) is 5.02 Å². The Balaban J connectivity index is 2.60. The molecular formula is C13H16ClNO. The molecule has 16 heavy (non-hydrogen) atoms. The molecule has 1 atom stereocenters. The van der Waals surface area contributed by atoms with Crippen molar-refractivity contribution in [3.63, 3.8) is 0 Å². The minimum absolute atomic E-state index is 0.0886. The molecule has 1 aromatic rings. The van der Waals surface area contributed by atoms with Gasteiger partial charge < -0.3 is 5.32 Å². The average Bonchev–Trinajstić information content (AvgIpc) is 2.28. The Kier molecular flexibility index (Phi) is 5.06. The molecule has 0 aliphatic carbocycles. The third kappa shape index (κ3) is 4.07. The maximum absolute atomic E-state index is 11.5. The molecule has 1 amide bonds. The molecule has 1 aromatic carbocycles. The second-order valence-electron chi connectivity index (χ2n) is 3.67. The zero-order valence-electron chi connectivity index (χ0n) is 9.53. The molecule has 0 fully saturated rings. The number of carbonyl (C=O) groups is 1. The van der Waals surface area contributed by atoms with Crippen LogP contribution in [0.4, 0.5) is 0 Å². The molecule has 2 nitrogen and oxygen atoms in total. The number of nitrogens with one attached hydrogen (secondary N) is 1. The lowest BCUT2D eigenvalue weighted by atomic mass is 10.2. The minimum atomic E-state index is -0.0886. The van der Waals surface area contributed by atoms with Gasteiger partial charge in [0.2, 0.25) is 5.91 Å². The van der Waals surface area contributed by atoms with Gasteiger partial charge >= 0.3 is 0 Å². The summed E-state index contributed by atoms with van der Waals surface area (Å²) >= 11 is 5.96. The number of halogens is 1. The smallest absolute Gasteiger partial charge is 0.244 e. The summed E-state index contributed by atoms with van der Waals surface area (Å²) < 4.78 is 0. The fraction of sp³-hybridized carbons (Fsp3) is 0.308. The maximum Gasteiger partial charge on any atom is 0.244 e. The molecule has 1 rings (SSSR count). The highest BCUT2D eigenvalue weighted by Crippen LogP contribution is 2.15. The number of amides is 1. The number of rotatable bonds is 4. The van der Waals surface area contributed by atoms with Gasteiger partial charge in [0.1, 0.15) is 0 Å². The normalized spacial score (nSPS) is 12.7. The van der Waals surface area contributed by atoms with E-state index in [1.807, 2.05) is 32.0 Å². The van der Waals surface area contributed by atoms with E-state index < -0.39 is 0 Å². The molecule has 86 valence electrons. The first-order valence-electron chi connectivity index (χ1n) is 5.36. The highest BCUT2D eigenvalue weighted by atomic mass is 35.5. The zero-order chi connectivity index (χ0) is 12.0. The molecule has 0 saturated carbocycles. The van der Waals surface area contributed by atoms with Crippen molar-refractivity contribution in [1.82, 2.24) is 5.32 Å². The third-order valence-corrected chi connectivity index (χ3v) is 2.66. The van der Waals surface area contributed by atoms with E-state index in [2.05, 4.69) is 5.32 Å². The molecule has 0 aromatic heterocycles. The predicted octanol–water partition coefficient (Wildman–Crippen LogP) is 3.27. The molecule has 0 spiro atoms. The van der Waals surface area contributed by atoms with Crippen LogP contribution in [0, 0.1) is 0 Å². The summed E-state index contributed by atoms with van der Waals surface area (Å²) in [4.78, 5) is 11.5. The molecule has 1 N–H and O–H groups in total. The monoisotopic (exact) mass is 237 g/mol. The van der Waals surface area contributed by atoms with Crippen LogP contribution in [0.25, 0.3) is 6.08 Å². The Morgan fingerprint density at radius 3 is 2.81 bits per heavy atom. The van der Waals surface area contributed by atoms with E-state index in [0.29, 0.717) is 5.02 Å². The Bertz CT molecular complexity index is 387. The van der Waals surface area contributed by atoms with Crippen LogP contribution in [-0.4, -0.2) is 11.9 Å². The summed E-state index contributed by atoms with van der Waals surface area (Å²) in [5.74, 6) is -0.0886. The highest BCUT2D eigenvalue weighted by Gasteiger charge is 2.01. The van der Waals surface area contributed by atoms with E-state index in [0.717, 1.165) is 12.0 Å². The van der Waals surface area contributed by atoms with E-state index in [-0.39, 0.29) is 11.9 Å². The summed E-state index contributed by atoms with van der Waals surface area (Å²) in [5, 5.41) is 3.50. The van der Waals surface area contributed by atoms with E-state index in [1.54, 1.807) is 12.1 Å². The molecule has 0 saturated heterocycles. The first-order valence-corrected chi connectivity index (χ1v) is 5.74. The summed E-state index contributed by atoms with van der Waals surface area (Å²) in [6, 6.07) is 7.61. The van der Waals surface area contributed by atoms with Crippen LogP contribution < -0.4 is 5.32 Å². The van der Waals surface area contributed by atoms with Crippen LogP contribution in [0.15, 0.2) is 30.3 Å². The number of hydrogen-bond donors (Lipinski definition) is 1. The average molecular weight is 238 g/mol. The Labute approximate surface area is 101 Å². The lowest BCUT2D eigenvalue weighted by molar-refractivity contribution is -0.117. The topological polar surface area (TPSA) is 29.1 Å². The van der Waals surface area contributed by atoms with Gasteiger partial charge in [-0.1, -0.05) is 36.7 Å². The van der Waals surface area contributed by atoms with Crippen molar-refractivity contribution in [2.45, 2.75) is 26.3 Å². The van der Waals surface area contributed by atoms with Crippen LogP contribution in [0.1, 0.15) is 25.8 Å². The molecule has 0 bridgehead atoms. The fourth-order valence-corrected chi connectivity index (χ4v) is 1.37. The maximum atomic E-state index is 11.5. The van der Waals surface area contributed by atoms with Gasteiger partial charge in [-0.15, -0.1) is 0 Å². The predicted molar refractivity (Wildman–Crippen MR) is 68.4 cm³/mol. The van der Waals surface area contributed by atoms with Crippen molar-refractivity contribution in [2.24, 2.45) is 0 Å². The lowest BCUT2D eigenvalue weighted by Crippen LogP contribution is -2.30. The van der Waals surface area contributed by atoms with Crippen LogP contribution >= 0.6 is 11.6 Å². The molecular weight excluding hydrogens is 222 g/mol. The van der Waals surface area contributed by atoms with E-state index in [1.165, 1.54) is 6.08 Å². The molecule has 0 heterocycles. The Hall–Kier alpha value is -1.28. The molecule has 0 aliphatic heterocycles. The van der Waals surface area contributed by atoms with Crippen LogP contribution in [0.3, 0.4) is 0 Å². The van der Waals surface area contributed by atoms with Gasteiger partial charge in [-0.3, -0.25) is 4.79 Å². The van der Waals surface area contributed by atoms with Gasteiger partial charge in [-0.2, -0.15) is 0 Å². The van der Waals surface area contributed by atoms with Crippen molar-refractivity contribution >= 4 is 23.6 Å². The van der Waals surface area contributed by atoms with E-state index in [9.17, 15) is 4.79 Å². The van der Waals surface area contributed by atoms with Gasteiger partial charge in [0.05, 0.1) is 0 Å². The van der Waals surface area contributed by atoms with Crippen LogP contribution in [-0.2, 0) is 4.79 Å². The van der Waals surface area contributed by atoms with E-state index >= 15 is 0 Å². The van der Waals surface area contributed by atoms with Crippen molar-refractivity contribution in [1.29, 1.82) is 0 Å². The van der Waals surface area contributed by atoms with Gasteiger partial charge in [0, 0.05) is 17.1 Å². The molecule has 0 radical (unpaired) electrons. The summed E-state index contributed by atoms with van der Waals surface area (Å²) in [6.07, 6.45) is 4.15. The van der Waals surface area contributed by atoms with Crippen molar-refractivity contribution in [2.75, 3.05) is 0 Å². The fourth-order valence-electron chi connectivity index (χ4n) is 1.17. The SMILES string of the molecule is CC[C@@H](C)NC(=O)/C=C/c1ccccc1Cl. The zero-order valence-corrected chi connectivity index (χ0v) is 10.3. The van der Waals surface area contributed by atoms with Gasteiger partial charge in [0.15, 0.2) is 0 Å². The molecule has 0 unspecified atom stereocenters. The summed E-state index contributed by atoms with van der Waals surface area (Å²) in [6.45, 7) is 4.00. The quantitative estimate of drug-likeness (QED) is 0.801. The van der Waals surface area contributed by atoms with Gasteiger partial charge in [-0.05, 0) is 31.1 Å². The Morgan fingerprint density at radius 2 is 2.19 bits per heavy atom. The number of carbonyl (C=O) groups excluding carboxylic acids is 1.